The van der Waals surface area contributed by atoms with Crippen molar-refractivity contribution in [2.24, 2.45) is 0 Å². The smallest absolute Gasteiger partial charge is 0.243 e. The third kappa shape index (κ3) is 8.64. The van der Waals surface area contributed by atoms with E-state index in [2.05, 4.69) is 5.32 Å². The van der Waals surface area contributed by atoms with E-state index in [0.717, 1.165) is 27.3 Å². The van der Waals surface area contributed by atoms with Crippen molar-refractivity contribution in [3.05, 3.63) is 101 Å². The molecule has 0 aliphatic rings. The summed E-state index contributed by atoms with van der Waals surface area (Å²) in [4.78, 5) is 28.5. The van der Waals surface area contributed by atoms with Crippen molar-refractivity contribution in [2.75, 3.05) is 23.7 Å². The number of carbonyl (C=O) groups excluding carboxylic acids is 2. The number of nitrogens with one attached hydrogen (secondary N) is 1. The minimum Gasteiger partial charge on any atom is -0.355 e. The fraction of sp³-hybridized carbons (Fsp3) is 0.333. The number of amides is 2. The Morgan fingerprint density at radius 2 is 1.56 bits per heavy atom. The first-order valence-corrected chi connectivity index (χ1v) is 14.8. The monoisotopic (exact) mass is 553 g/mol. The molecule has 7 nitrogen and oxygen atoms in total. The van der Waals surface area contributed by atoms with E-state index in [1.54, 1.807) is 11.0 Å². The Morgan fingerprint density at radius 3 is 2.18 bits per heavy atom. The molecule has 0 spiro atoms. The lowest BCUT2D eigenvalue weighted by Gasteiger charge is -2.32. The van der Waals surface area contributed by atoms with Crippen LogP contribution < -0.4 is 9.62 Å². The average Bonchev–Trinajstić information content (AvgIpc) is 2.90. The molecule has 9 heteroatoms. The molecular weight excluding hydrogens is 517 g/mol. The van der Waals surface area contributed by atoms with Crippen LogP contribution in [0.1, 0.15) is 36.5 Å². The molecule has 3 aromatic carbocycles. The first-order chi connectivity index (χ1) is 18.6. The summed E-state index contributed by atoms with van der Waals surface area (Å²) in [5.74, 6) is -1.20. The molecule has 1 unspecified atom stereocenters. The van der Waals surface area contributed by atoms with Crippen LogP contribution in [-0.4, -0.2) is 50.5 Å². The number of nitrogens with zero attached hydrogens (tertiary/aromatic N) is 2. The Bertz CT molecular complexity index is 1350. The molecule has 0 saturated heterocycles. The third-order valence-corrected chi connectivity index (χ3v) is 7.55. The number of anilines is 1. The van der Waals surface area contributed by atoms with Gasteiger partial charge in [-0.05, 0) is 43.5 Å². The molecule has 0 aliphatic heterocycles. The first-order valence-electron chi connectivity index (χ1n) is 13.0. The summed E-state index contributed by atoms with van der Waals surface area (Å²) < 4.78 is 40.3. The van der Waals surface area contributed by atoms with Gasteiger partial charge in [0.25, 0.3) is 0 Å². The Kier molecular flexibility index (Phi) is 10.6. The van der Waals surface area contributed by atoms with E-state index in [1.807, 2.05) is 68.4 Å². The van der Waals surface area contributed by atoms with Crippen LogP contribution in [0.25, 0.3) is 0 Å². The Hall–Kier alpha value is -3.72. The van der Waals surface area contributed by atoms with Crippen molar-refractivity contribution in [2.45, 2.75) is 45.7 Å². The summed E-state index contributed by atoms with van der Waals surface area (Å²) in [6.45, 7) is 4.36. The van der Waals surface area contributed by atoms with Gasteiger partial charge in [-0.25, -0.2) is 12.8 Å². The number of benzene rings is 3. The van der Waals surface area contributed by atoms with Crippen LogP contribution in [0.2, 0.25) is 0 Å². The summed E-state index contributed by atoms with van der Waals surface area (Å²) in [6, 6.07) is 22.1. The van der Waals surface area contributed by atoms with Gasteiger partial charge in [-0.1, -0.05) is 72.3 Å². The number of aryl methyl sites for hydroxylation is 1. The molecule has 0 radical (unpaired) electrons. The van der Waals surface area contributed by atoms with Crippen LogP contribution in [0.4, 0.5) is 10.1 Å². The highest BCUT2D eigenvalue weighted by atomic mass is 32.2. The zero-order chi connectivity index (χ0) is 28.4. The van der Waals surface area contributed by atoms with Gasteiger partial charge in [0.1, 0.15) is 11.9 Å². The molecular formula is C30H36FN3O4S. The molecule has 0 fully saturated rings. The highest BCUT2D eigenvalue weighted by Crippen LogP contribution is 2.23. The number of sulfonamides is 1. The maximum absolute atomic E-state index is 14.4. The quantitative estimate of drug-likeness (QED) is 0.339. The average molecular weight is 554 g/mol. The second-order valence-electron chi connectivity index (χ2n) is 9.50. The number of likely N-dealkylation sites (N-methyl/N-ethyl adjacent to an activating group) is 1. The van der Waals surface area contributed by atoms with E-state index >= 15 is 0 Å². The molecule has 0 saturated carbocycles. The van der Waals surface area contributed by atoms with Gasteiger partial charge in [0.05, 0.1) is 11.9 Å². The van der Waals surface area contributed by atoms with Crippen LogP contribution in [0.15, 0.2) is 78.9 Å². The predicted octanol–water partition coefficient (Wildman–Crippen LogP) is 4.46. The van der Waals surface area contributed by atoms with Crippen LogP contribution in [-0.2, 0) is 32.6 Å². The van der Waals surface area contributed by atoms with Gasteiger partial charge in [-0.2, -0.15) is 0 Å². The van der Waals surface area contributed by atoms with Crippen LogP contribution in [0.5, 0.6) is 0 Å². The third-order valence-electron chi connectivity index (χ3n) is 6.37. The number of halogens is 1. The minimum absolute atomic E-state index is 0.0168. The highest BCUT2D eigenvalue weighted by molar-refractivity contribution is 7.92. The SMILES string of the molecule is CCNC(=O)C(Cc1ccccc1)N(Cc1ccc(C)cc1)C(=O)CCCN(c1ccccc1F)S(C)(=O)=O. The van der Waals surface area contributed by atoms with E-state index in [1.165, 1.54) is 18.2 Å². The second kappa shape index (κ2) is 13.9. The number of hydrogen-bond acceptors (Lipinski definition) is 4. The fourth-order valence-electron chi connectivity index (χ4n) is 4.37. The molecule has 0 aliphatic carbocycles. The highest BCUT2D eigenvalue weighted by Gasteiger charge is 2.30. The summed E-state index contributed by atoms with van der Waals surface area (Å²) in [5, 5.41) is 2.86. The summed E-state index contributed by atoms with van der Waals surface area (Å²) >= 11 is 0. The maximum Gasteiger partial charge on any atom is 0.243 e. The van der Waals surface area contributed by atoms with Gasteiger partial charge in [0, 0.05) is 32.5 Å². The van der Waals surface area contributed by atoms with Crippen molar-refractivity contribution in [3.63, 3.8) is 0 Å². The molecule has 3 rings (SSSR count). The summed E-state index contributed by atoms with van der Waals surface area (Å²) in [6.07, 6.45) is 1.47. The van der Waals surface area contributed by atoms with Crippen LogP contribution in [0, 0.1) is 12.7 Å². The number of rotatable bonds is 13. The first kappa shape index (κ1) is 29.8. The lowest BCUT2D eigenvalue weighted by Crippen LogP contribution is -2.50. The van der Waals surface area contributed by atoms with Crippen LogP contribution >= 0.6 is 0 Å². The van der Waals surface area contributed by atoms with Crippen molar-refractivity contribution < 1.29 is 22.4 Å². The maximum atomic E-state index is 14.4. The minimum atomic E-state index is -3.78. The van der Waals surface area contributed by atoms with Gasteiger partial charge >= 0.3 is 0 Å². The van der Waals surface area contributed by atoms with Crippen molar-refractivity contribution in [3.8, 4) is 0 Å². The normalized spacial score (nSPS) is 12.0. The summed E-state index contributed by atoms with van der Waals surface area (Å²) in [7, 11) is -3.78. The van der Waals surface area contributed by atoms with Crippen molar-refractivity contribution in [1.82, 2.24) is 10.2 Å². The van der Waals surface area contributed by atoms with E-state index in [4.69, 9.17) is 0 Å². The predicted molar refractivity (Wildman–Crippen MR) is 152 cm³/mol. The lowest BCUT2D eigenvalue weighted by molar-refractivity contribution is -0.141. The molecule has 3 aromatic rings. The zero-order valence-corrected chi connectivity index (χ0v) is 23.5. The van der Waals surface area contributed by atoms with Gasteiger partial charge < -0.3 is 10.2 Å². The van der Waals surface area contributed by atoms with E-state index in [0.29, 0.717) is 13.0 Å². The van der Waals surface area contributed by atoms with Gasteiger partial charge in [0.15, 0.2) is 0 Å². The number of carbonyl (C=O) groups is 2. The molecule has 0 aromatic heterocycles. The molecule has 1 atom stereocenters. The van der Waals surface area contributed by atoms with Gasteiger partial charge in [0.2, 0.25) is 21.8 Å². The standard InChI is InChI=1S/C30H36FN3O4S/c1-4-32-30(36)28(21-24-11-6-5-7-12-24)33(22-25-18-16-23(2)17-19-25)29(35)15-10-20-34(39(3,37)38)27-14-9-8-13-26(27)31/h5-9,11-14,16-19,28H,4,10,15,20-22H2,1-3H3,(H,32,36). The van der Waals surface area contributed by atoms with E-state index in [9.17, 15) is 22.4 Å². The summed E-state index contributed by atoms with van der Waals surface area (Å²) in [5.41, 5.74) is 2.81. The Morgan fingerprint density at radius 1 is 0.923 bits per heavy atom. The molecule has 0 heterocycles. The Labute approximate surface area is 230 Å². The lowest BCUT2D eigenvalue weighted by atomic mass is 10.0. The molecule has 1 N–H and O–H groups in total. The Balaban J connectivity index is 1.86. The topological polar surface area (TPSA) is 86.8 Å². The van der Waals surface area contributed by atoms with Crippen LogP contribution in [0.3, 0.4) is 0 Å². The number of para-hydroxylation sites is 1. The molecule has 39 heavy (non-hydrogen) atoms. The molecule has 0 bridgehead atoms. The molecule has 2 amide bonds. The van der Waals surface area contributed by atoms with E-state index < -0.39 is 21.9 Å². The zero-order valence-electron chi connectivity index (χ0n) is 22.6. The molecule has 208 valence electrons. The van der Waals surface area contributed by atoms with Crippen molar-refractivity contribution in [1.29, 1.82) is 0 Å². The van der Waals surface area contributed by atoms with Gasteiger partial charge in [-0.15, -0.1) is 0 Å². The van der Waals surface area contributed by atoms with Crippen molar-refractivity contribution >= 4 is 27.5 Å². The largest absolute Gasteiger partial charge is 0.355 e. The second-order valence-corrected chi connectivity index (χ2v) is 11.4. The van der Waals surface area contributed by atoms with E-state index in [-0.39, 0.29) is 43.4 Å². The fourth-order valence-corrected chi connectivity index (χ4v) is 5.34. The van der Waals surface area contributed by atoms with Gasteiger partial charge in [-0.3, -0.25) is 13.9 Å². The number of hydrogen-bond donors (Lipinski definition) is 1.